The van der Waals surface area contributed by atoms with Crippen molar-refractivity contribution in [3.63, 3.8) is 0 Å². The molecule has 0 N–H and O–H groups in total. The summed E-state index contributed by atoms with van der Waals surface area (Å²) in [6.45, 7) is 0. The summed E-state index contributed by atoms with van der Waals surface area (Å²) in [5.74, 6) is -0.305. The molecule has 3 aromatic carbocycles. The van der Waals surface area contributed by atoms with Crippen LogP contribution in [-0.4, -0.2) is 21.6 Å². The fourth-order valence-electron chi connectivity index (χ4n) is 3.64. The molecule has 4 nitrogen and oxygen atoms in total. The summed E-state index contributed by atoms with van der Waals surface area (Å²) in [5, 5.41) is 0.357. The average Bonchev–Trinajstić information content (AvgIpc) is 3.11. The van der Waals surface area contributed by atoms with Crippen molar-refractivity contribution < 1.29 is 17.9 Å². The normalized spacial score (nSPS) is 18.6. The van der Waals surface area contributed by atoms with E-state index >= 15 is 0 Å². The van der Waals surface area contributed by atoms with E-state index in [0.29, 0.717) is 16.1 Å². The fraction of sp³-hybridized carbons (Fsp3) is 0.0909. The van der Waals surface area contributed by atoms with Crippen LogP contribution in [0.3, 0.4) is 0 Å². The van der Waals surface area contributed by atoms with Crippen LogP contribution in [0.2, 0.25) is 5.02 Å². The van der Waals surface area contributed by atoms with Gasteiger partial charge in [0, 0.05) is 16.1 Å². The number of fused-ring (bicyclic) bond motifs is 3. The Morgan fingerprint density at radius 1 is 0.900 bits per heavy atom. The molecule has 2 heterocycles. The zero-order valence-corrected chi connectivity index (χ0v) is 16.0. The van der Waals surface area contributed by atoms with Crippen LogP contribution in [0.25, 0.3) is 11.0 Å². The molecule has 150 valence electrons. The maximum Gasteiger partial charge on any atom is 0.454 e. The molecule has 1 atom stereocenters. The molecule has 8 heteroatoms. The highest BCUT2D eigenvalue weighted by molar-refractivity contribution is 6.31. The molecule has 30 heavy (non-hydrogen) atoms. The third-order valence-electron chi connectivity index (χ3n) is 4.92. The summed E-state index contributed by atoms with van der Waals surface area (Å²) in [4.78, 5) is 8.66. The van der Waals surface area contributed by atoms with Gasteiger partial charge in [-0.2, -0.15) is 18.2 Å². The maximum atomic E-state index is 14.9. The molecule has 0 radical (unpaired) electrons. The third-order valence-corrected chi connectivity index (χ3v) is 5.16. The molecule has 4 aromatic rings. The smallest absolute Gasteiger partial charge is 0.436 e. The molecular formula is C22H13ClF3N3O. The van der Waals surface area contributed by atoms with Crippen LogP contribution >= 0.6 is 11.6 Å². The molecule has 0 amide bonds. The number of rotatable bonds is 2. The highest BCUT2D eigenvalue weighted by Gasteiger charge is 2.63. The van der Waals surface area contributed by atoms with E-state index in [2.05, 4.69) is 9.98 Å². The number of imidazole rings is 1. The Bertz CT molecular complexity index is 1280. The van der Waals surface area contributed by atoms with Gasteiger partial charge < -0.3 is 4.74 Å². The van der Waals surface area contributed by atoms with E-state index < -0.39 is 11.9 Å². The lowest BCUT2D eigenvalue weighted by molar-refractivity contribution is -0.271. The standard InChI is InChI=1S/C22H13ClF3N3O/c23-16-10-6-7-14(13-16)19-28-20-27-17-11-4-5-12-18(17)29(20)21(30-19,22(24,25)26)15-8-2-1-3-9-15/h1-13H/t21-/m1/s1. The number of aliphatic imine (C=N–C) groups is 1. The van der Waals surface area contributed by atoms with Gasteiger partial charge >= 0.3 is 11.9 Å². The molecule has 1 aromatic heterocycles. The van der Waals surface area contributed by atoms with Crippen molar-refractivity contribution in [2.75, 3.05) is 0 Å². The van der Waals surface area contributed by atoms with E-state index in [1.807, 2.05) is 0 Å². The second-order valence-corrected chi connectivity index (χ2v) is 7.21. The topological polar surface area (TPSA) is 39.4 Å². The maximum absolute atomic E-state index is 14.9. The lowest BCUT2D eigenvalue weighted by Crippen LogP contribution is -2.53. The van der Waals surface area contributed by atoms with Gasteiger partial charge in [-0.3, -0.25) is 4.57 Å². The van der Waals surface area contributed by atoms with Crippen molar-refractivity contribution >= 4 is 34.5 Å². The van der Waals surface area contributed by atoms with Crippen molar-refractivity contribution in [3.05, 3.63) is 95.0 Å². The predicted molar refractivity (Wildman–Crippen MR) is 108 cm³/mol. The van der Waals surface area contributed by atoms with Gasteiger partial charge in [0.1, 0.15) is 0 Å². The van der Waals surface area contributed by atoms with Crippen LogP contribution in [0.15, 0.2) is 83.9 Å². The van der Waals surface area contributed by atoms with E-state index in [4.69, 9.17) is 16.3 Å². The summed E-state index contributed by atoms with van der Waals surface area (Å²) in [5.41, 5.74) is -1.96. The second kappa shape index (κ2) is 6.60. The molecule has 0 saturated carbocycles. The fourth-order valence-corrected chi connectivity index (χ4v) is 3.83. The first-order valence-electron chi connectivity index (χ1n) is 9.04. The monoisotopic (exact) mass is 427 g/mol. The van der Waals surface area contributed by atoms with Crippen LogP contribution in [0.5, 0.6) is 0 Å². The molecule has 0 spiro atoms. The van der Waals surface area contributed by atoms with E-state index in [1.54, 1.807) is 48.5 Å². The molecule has 0 aliphatic carbocycles. The van der Waals surface area contributed by atoms with Crippen LogP contribution in [0, 0.1) is 0 Å². The lowest BCUT2D eigenvalue weighted by atomic mass is 10.00. The second-order valence-electron chi connectivity index (χ2n) is 6.77. The molecule has 0 bridgehead atoms. The van der Waals surface area contributed by atoms with Crippen LogP contribution in [-0.2, 0) is 10.5 Å². The van der Waals surface area contributed by atoms with Gasteiger partial charge in [-0.15, -0.1) is 0 Å². The molecule has 0 fully saturated rings. The van der Waals surface area contributed by atoms with E-state index in [9.17, 15) is 13.2 Å². The quantitative estimate of drug-likeness (QED) is 0.390. The number of nitrogens with zero attached hydrogens (tertiary/aromatic N) is 3. The molecule has 0 saturated heterocycles. The lowest BCUT2D eigenvalue weighted by Gasteiger charge is -2.40. The summed E-state index contributed by atoms with van der Waals surface area (Å²) in [6.07, 6.45) is -4.83. The van der Waals surface area contributed by atoms with Crippen molar-refractivity contribution in [3.8, 4) is 0 Å². The van der Waals surface area contributed by atoms with Crippen LogP contribution in [0.4, 0.5) is 19.1 Å². The van der Waals surface area contributed by atoms with Gasteiger partial charge in [-0.1, -0.05) is 60.1 Å². The highest BCUT2D eigenvalue weighted by atomic mass is 35.5. The Morgan fingerprint density at radius 2 is 1.63 bits per heavy atom. The number of hydrogen-bond acceptors (Lipinski definition) is 3. The Kier molecular flexibility index (Phi) is 4.11. The molecule has 1 aliphatic heterocycles. The molecular weight excluding hydrogens is 415 g/mol. The SMILES string of the molecule is FC(F)(F)[C@@]1(c2ccccc2)OC(c2cccc(Cl)c2)=Nc2nc3ccccc3n21. The minimum Gasteiger partial charge on any atom is -0.436 e. The summed E-state index contributed by atoms with van der Waals surface area (Å²) in [7, 11) is 0. The van der Waals surface area contributed by atoms with Crippen LogP contribution < -0.4 is 0 Å². The van der Waals surface area contributed by atoms with Gasteiger partial charge in [0.05, 0.1) is 11.0 Å². The van der Waals surface area contributed by atoms with E-state index in [1.165, 1.54) is 30.3 Å². The number of ether oxygens (including phenoxy) is 1. The van der Waals surface area contributed by atoms with Crippen LogP contribution in [0.1, 0.15) is 11.1 Å². The van der Waals surface area contributed by atoms with Crippen molar-refractivity contribution in [2.24, 2.45) is 4.99 Å². The van der Waals surface area contributed by atoms with Gasteiger partial charge in [-0.05, 0) is 30.3 Å². The largest absolute Gasteiger partial charge is 0.454 e. The highest BCUT2D eigenvalue weighted by Crippen LogP contribution is 2.49. The van der Waals surface area contributed by atoms with Gasteiger partial charge in [-0.25, -0.2) is 4.98 Å². The number of benzene rings is 3. The number of aromatic nitrogens is 2. The minimum absolute atomic E-state index is 0.0867. The van der Waals surface area contributed by atoms with Crippen molar-refractivity contribution in [1.29, 1.82) is 0 Å². The van der Waals surface area contributed by atoms with Gasteiger partial charge in [0.15, 0.2) is 0 Å². The first-order valence-corrected chi connectivity index (χ1v) is 9.42. The molecule has 5 rings (SSSR count). The van der Waals surface area contributed by atoms with Crippen molar-refractivity contribution in [1.82, 2.24) is 9.55 Å². The average molecular weight is 428 g/mol. The Balaban J connectivity index is 1.88. The Labute approximate surface area is 174 Å². The number of hydrogen-bond donors (Lipinski definition) is 0. The molecule has 0 unspecified atom stereocenters. The van der Waals surface area contributed by atoms with Gasteiger partial charge in [0.2, 0.25) is 11.8 Å². The summed E-state index contributed by atoms with van der Waals surface area (Å²) >= 11 is 6.05. The van der Waals surface area contributed by atoms with Crippen molar-refractivity contribution in [2.45, 2.75) is 11.9 Å². The number of alkyl halides is 3. The third kappa shape index (κ3) is 2.69. The van der Waals surface area contributed by atoms with E-state index in [-0.39, 0.29) is 22.9 Å². The zero-order chi connectivity index (χ0) is 20.9. The zero-order valence-electron chi connectivity index (χ0n) is 15.3. The summed E-state index contributed by atoms with van der Waals surface area (Å²) < 4.78 is 51.4. The predicted octanol–water partition coefficient (Wildman–Crippen LogP) is 6.06. The van der Waals surface area contributed by atoms with E-state index in [0.717, 1.165) is 4.57 Å². The summed E-state index contributed by atoms with van der Waals surface area (Å²) in [6, 6.07) is 20.4. The first-order chi connectivity index (χ1) is 14.4. The number of para-hydroxylation sites is 2. The van der Waals surface area contributed by atoms with Gasteiger partial charge in [0.25, 0.3) is 0 Å². The first kappa shape index (κ1) is 18.7. The Morgan fingerprint density at radius 3 is 2.37 bits per heavy atom. The number of halogens is 4. The minimum atomic E-state index is -4.83. The molecule has 1 aliphatic rings. The Hall–Kier alpha value is -3.32.